The standard InChI is InChI=1S/C12H7O3P.C9H6O2/c13-16(14)15-11-7-3-6-10-8-4-1-2-5-9(8)12(10)11;10-9-6-5-7-3-1-2-4-8(7)11-9/h1-7H;1-6H/p+1. The van der Waals surface area contributed by atoms with Gasteiger partial charge in [-0.3, -0.25) is 0 Å². The van der Waals surface area contributed by atoms with Crippen LogP contribution in [0.2, 0.25) is 0 Å². The zero-order valence-electron chi connectivity index (χ0n) is 14.0. The first-order valence-corrected chi connectivity index (χ1v) is 9.32. The van der Waals surface area contributed by atoms with Crippen LogP contribution in [0.1, 0.15) is 0 Å². The Morgan fingerprint density at radius 3 is 2.30 bits per heavy atom. The van der Waals surface area contributed by atoms with Gasteiger partial charge in [0.25, 0.3) is 0 Å². The molecule has 0 spiro atoms. The van der Waals surface area contributed by atoms with Crippen LogP contribution in [0.25, 0.3) is 33.2 Å². The molecule has 0 fully saturated rings. The van der Waals surface area contributed by atoms with Crippen LogP contribution in [-0.2, 0) is 4.57 Å². The van der Waals surface area contributed by atoms with Crippen LogP contribution in [0, 0.1) is 0 Å². The normalized spacial score (nSPS) is 11.4. The van der Waals surface area contributed by atoms with Gasteiger partial charge in [0.05, 0.1) is 0 Å². The maximum atomic E-state index is 10.7. The number of fused-ring (bicyclic) bond motifs is 5. The minimum Gasteiger partial charge on any atom is -0.423 e. The molecule has 5 rings (SSSR count). The largest absolute Gasteiger partial charge is 0.747 e. The molecule has 1 aliphatic rings. The number of hydrogen-bond acceptors (Lipinski definition) is 4. The van der Waals surface area contributed by atoms with Gasteiger partial charge in [-0.05, 0) is 34.9 Å². The summed E-state index contributed by atoms with van der Waals surface area (Å²) in [6.45, 7) is 0. The van der Waals surface area contributed by atoms with Crippen molar-refractivity contribution in [3.63, 3.8) is 0 Å². The Morgan fingerprint density at radius 1 is 0.778 bits per heavy atom. The summed E-state index contributed by atoms with van der Waals surface area (Å²) in [5.74, 6) is 0.472. The van der Waals surface area contributed by atoms with Gasteiger partial charge in [0.1, 0.15) is 5.58 Å². The van der Waals surface area contributed by atoms with E-state index in [0.29, 0.717) is 11.3 Å². The Kier molecular flexibility index (Phi) is 4.55. The lowest BCUT2D eigenvalue weighted by Gasteiger charge is -2.23. The molecule has 0 bridgehead atoms. The second kappa shape index (κ2) is 7.16. The maximum absolute atomic E-state index is 10.7. The molecule has 27 heavy (non-hydrogen) atoms. The number of benzene rings is 3. The van der Waals surface area contributed by atoms with Gasteiger partial charge < -0.3 is 4.42 Å². The highest BCUT2D eigenvalue weighted by atomic mass is 31.1. The zero-order valence-corrected chi connectivity index (χ0v) is 14.9. The highest BCUT2D eigenvalue weighted by Crippen LogP contribution is 2.52. The summed E-state index contributed by atoms with van der Waals surface area (Å²) in [5.41, 5.74) is 4.57. The molecular formula is C21H14O5P+. The third kappa shape index (κ3) is 3.38. The molecule has 0 amide bonds. The minimum absolute atomic E-state index is 0.302. The molecule has 1 aromatic heterocycles. The van der Waals surface area contributed by atoms with E-state index in [0.717, 1.165) is 27.6 Å². The molecule has 6 heteroatoms. The van der Waals surface area contributed by atoms with E-state index >= 15 is 0 Å². The molecular weight excluding hydrogens is 363 g/mol. The highest BCUT2D eigenvalue weighted by Gasteiger charge is 2.29. The van der Waals surface area contributed by atoms with Crippen LogP contribution in [0.5, 0.6) is 5.75 Å². The lowest BCUT2D eigenvalue weighted by molar-refractivity contribution is 0.411. The van der Waals surface area contributed by atoms with Crippen LogP contribution in [0.4, 0.5) is 0 Å². The lowest BCUT2D eigenvalue weighted by atomic mass is 9.80. The van der Waals surface area contributed by atoms with Crippen molar-refractivity contribution in [2.45, 2.75) is 0 Å². The summed E-state index contributed by atoms with van der Waals surface area (Å²) in [4.78, 5) is 19.5. The fourth-order valence-electron chi connectivity index (χ4n) is 3.08. The number of rotatable bonds is 2. The van der Waals surface area contributed by atoms with E-state index < -0.39 is 8.25 Å². The van der Waals surface area contributed by atoms with Gasteiger partial charge in [0.2, 0.25) is 0 Å². The van der Waals surface area contributed by atoms with Crippen LogP contribution in [-0.4, -0.2) is 4.89 Å². The van der Waals surface area contributed by atoms with E-state index in [1.165, 1.54) is 6.07 Å². The summed E-state index contributed by atoms with van der Waals surface area (Å²) < 4.78 is 20.5. The summed E-state index contributed by atoms with van der Waals surface area (Å²) in [6, 6.07) is 24.0. The molecule has 4 aromatic rings. The van der Waals surface area contributed by atoms with Crippen LogP contribution in [0.3, 0.4) is 0 Å². The predicted molar refractivity (Wildman–Crippen MR) is 104 cm³/mol. The van der Waals surface area contributed by atoms with Gasteiger partial charge in [-0.2, -0.15) is 0 Å². The second-order valence-corrected chi connectivity index (χ2v) is 6.50. The van der Waals surface area contributed by atoms with E-state index in [-0.39, 0.29) is 5.63 Å². The third-order valence-electron chi connectivity index (χ3n) is 4.22. The van der Waals surface area contributed by atoms with Crippen molar-refractivity contribution in [2.24, 2.45) is 0 Å². The lowest BCUT2D eigenvalue weighted by Crippen LogP contribution is -2.00. The Labute approximate surface area is 155 Å². The number of para-hydroxylation sites is 1. The van der Waals surface area contributed by atoms with Crippen molar-refractivity contribution in [1.82, 2.24) is 0 Å². The average Bonchev–Trinajstić information content (AvgIpc) is 2.66. The van der Waals surface area contributed by atoms with E-state index in [9.17, 15) is 9.36 Å². The molecule has 5 nitrogen and oxygen atoms in total. The van der Waals surface area contributed by atoms with Crippen molar-refractivity contribution in [3.05, 3.63) is 89.3 Å². The van der Waals surface area contributed by atoms with Crippen molar-refractivity contribution in [3.8, 4) is 28.0 Å². The fourth-order valence-corrected chi connectivity index (χ4v) is 3.40. The van der Waals surface area contributed by atoms with Gasteiger partial charge >= 0.3 is 13.9 Å². The summed E-state index contributed by atoms with van der Waals surface area (Å²) in [5, 5.41) is 0.951. The van der Waals surface area contributed by atoms with Crippen LogP contribution in [0.15, 0.2) is 88.1 Å². The molecule has 0 aliphatic heterocycles. The maximum Gasteiger partial charge on any atom is 0.747 e. The van der Waals surface area contributed by atoms with Crippen molar-refractivity contribution in [2.75, 3.05) is 0 Å². The first-order valence-electron chi connectivity index (χ1n) is 8.19. The van der Waals surface area contributed by atoms with Gasteiger partial charge in [-0.1, -0.05) is 54.6 Å². The first kappa shape index (κ1) is 17.2. The number of hydrogen-bond donors (Lipinski definition) is 1. The molecule has 0 radical (unpaired) electrons. The molecule has 1 N–H and O–H groups in total. The quantitative estimate of drug-likeness (QED) is 0.340. The molecule has 1 heterocycles. The SMILES string of the molecule is O=[P+](O)Oc1cccc2c1-c1ccccc1-2.O=c1ccc2ccccc2o1. The molecule has 0 saturated carbocycles. The van der Waals surface area contributed by atoms with Gasteiger partial charge in [0.15, 0.2) is 5.75 Å². The zero-order chi connectivity index (χ0) is 18.8. The topological polar surface area (TPSA) is 76.7 Å². The van der Waals surface area contributed by atoms with Crippen LogP contribution < -0.4 is 10.1 Å². The van der Waals surface area contributed by atoms with E-state index in [1.807, 2.05) is 54.6 Å². The monoisotopic (exact) mass is 377 g/mol. The van der Waals surface area contributed by atoms with E-state index in [2.05, 4.69) is 0 Å². The Morgan fingerprint density at radius 2 is 1.48 bits per heavy atom. The van der Waals surface area contributed by atoms with Crippen molar-refractivity contribution < 1.29 is 18.4 Å². The molecule has 1 unspecified atom stereocenters. The summed E-state index contributed by atoms with van der Waals surface area (Å²) in [7, 11) is -2.61. The van der Waals surface area contributed by atoms with E-state index in [1.54, 1.807) is 18.2 Å². The third-order valence-corrected chi connectivity index (χ3v) is 4.57. The second-order valence-electron chi connectivity index (χ2n) is 5.85. The van der Waals surface area contributed by atoms with Crippen LogP contribution >= 0.6 is 8.25 Å². The van der Waals surface area contributed by atoms with Gasteiger partial charge in [-0.15, -0.1) is 4.89 Å². The van der Waals surface area contributed by atoms with Gasteiger partial charge in [0, 0.05) is 21.6 Å². The summed E-state index contributed by atoms with van der Waals surface area (Å²) in [6.07, 6.45) is 0. The first-order chi connectivity index (χ1) is 13.1. The molecule has 1 atom stereocenters. The summed E-state index contributed by atoms with van der Waals surface area (Å²) >= 11 is 0. The molecule has 132 valence electrons. The molecule has 1 aliphatic carbocycles. The van der Waals surface area contributed by atoms with Gasteiger partial charge in [-0.25, -0.2) is 9.32 Å². The Balaban J connectivity index is 0.000000143. The van der Waals surface area contributed by atoms with Crippen molar-refractivity contribution >= 4 is 19.2 Å². The smallest absolute Gasteiger partial charge is 0.423 e. The predicted octanol–water partition coefficient (Wildman–Crippen LogP) is 5.16. The van der Waals surface area contributed by atoms with E-state index in [4.69, 9.17) is 13.8 Å². The highest BCUT2D eigenvalue weighted by molar-refractivity contribution is 7.32. The Bertz CT molecular complexity index is 1210. The average molecular weight is 377 g/mol. The fraction of sp³-hybridized carbons (Fsp3) is 0. The minimum atomic E-state index is -2.61. The Hall–Kier alpha value is -3.27. The molecule has 0 saturated heterocycles. The van der Waals surface area contributed by atoms with Crippen molar-refractivity contribution in [1.29, 1.82) is 0 Å². The molecule has 3 aromatic carbocycles.